The van der Waals surface area contributed by atoms with Gasteiger partial charge in [-0.25, -0.2) is 9.18 Å². The third-order valence-electron chi connectivity index (χ3n) is 7.33. The molecule has 0 aliphatic carbocycles. The number of nitrogens with zero attached hydrogens (tertiary/aromatic N) is 3. The molecule has 2 aromatic rings. The Bertz CT molecular complexity index is 1120. The maximum atomic E-state index is 13.9. The Kier molecular flexibility index (Phi) is 9.39. The zero-order valence-corrected chi connectivity index (χ0v) is 24.6. The summed E-state index contributed by atoms with van der Waals surface area (Å²) in [5.74, 6) is 1.30. The number of rotatable bonds is 7. The fourth-order valence-electron chi connectivity index (χ4n) is 5.21. The van der Waals surface area contributed by atoms with Gasteiger partial charge in [0.15, 0.2) is 0 Å². The fraction of sp³-hybridized carbons (Fsp3) is 0.562. The van der Waals surface area contributed by atoms with Crippen LogP contribution < -0.4 is 4.74 Å². The molecule has 0 aromatic heterocycles. The van der Waals surface area contributed by atoms with E-state index in [0.29, 0.717) is 50.8 Å². The van der Waals surface area contributed by atoms with Gasteiger partial charge in [-0.1, -0.05) is 24.3 Å². The van der Waals surface area contributed by atoms with E-state index < -0.39 is 11.3 Å². The van der Waals surface area contributed by atoms with Crippen LogP contribution in [-0.4, -0.2) is 90.4 Å². The van der Waals surface area contributed by atoms with Crippen LogP contribution in [-0.2, 0) is 4.74 Å². The zero-order chi connectivity index (χ0) is 28.9. The first kappa shape index (κ1) is 29.8. The molecule has 0 atom stereocenters. The highest BCUT2D eigenvalue weighted by Gasteiger charge is 2.28. The van der Waals surface area contributed by atoms with Crippen molar-refractivity contribution in [3.63, 3.8) is 0 Å². The van der Waals surface area contributed by atoms with E-state index in [-0.39, 0.29) is 12.0 Å². The first-order valence-corrected chi connectivity index (χ1v) is 14.4. The van der Waals surface area contributed by atoms with Crippen LogP contribution in [0, 0.1) is 5.92 Å². The summed E-state index contributed by atoms with van der Waals surface area (Å²) in [5.41, 5.74) is 1.03. The van der Waals surface area contributed by atoms with E-state index in [1.165, 1.54) is 0 Å². The Balaban J connectivity index is 1.23. The van der Waals surface area contributed by atoms with Gasteiger partial charge in [0.1, 0.15) is 17.0 Å². The topological polar surface area (TPSA) is 62.3 Å². The van der Waals surface area contributed by atoms with Crippen LogP contribution in [0.15, 0.2) is 48.5 Å². The summed E-state index contributed by atoms with van der Waals surface area (Å²) in [6.07, 6.45) is 1.72. The second-order valence-corrected chi connectivity index (χ2v) is 12.6. The molecule has 2 saturated heterocycles. The van der Waals surface area contributed by atoms with Crippen molar-refractivity contribution in [2.45, 2.75) is 58.7 Å². The number of ether oxygens (including phenoxy) is 2. The summed E-state index contributed by atoms with van der Waals surface area (Å²) >= 11 is 0. The maximum absolute atomic E-state index is 13.9. The van der Waals surface area contributed by atoms with Crippen molar-refractivity contribution in [1.29, 1.82) is 0 Å². The summed E-state index contributed by atoms with van der Waals surface area (Å²) in [5, 5.41) is 0. The number of halogens is 1. The molecule has 218 valence electrons. The third-order valence-corrected chi connectivity index (χ3v) is 7.33. The number of carbonyl (C=O) groups is 2. The molecule has 2 aliphatic heterocycles. The van der Waals surface area contributed by atoms with Crippen molar-refractivity contribution in [1.82, 2.24) is 14.7 Å². The van der Waals surface area contributed by atoms with Crippen LogP contribution in [0.4, 0.5) is 9.18 Å². The lowest BCUT2D eigenvalue weighted by molar-refractivity contribution is 0.0141. The summed E-state index contributed by atoms with van der Waals surface area (Å²) in [6.45, 7) is 13.7. The van der Waals surface area contributed by atoms with Gasteiger partial charge in [0, 0.05) is 38.3 Å². The van der Waals surface area contributed by atoms with Crippen molar-refractivity contribution in [2.75, 3.05) is 52.4 Å². The van der Waals surface area contributed by atoms with Gasteiger partial charge in [0.2, 0.25) is 0 Å². The number of amides is 2. The maximum Gasteiger partial charge on any atom is 0.410 e. The van der Waals surface area contributed by atoms with Gasteiger partial charge in [-0.05, 0) is 102 Å². The molecule has 0 radical (unpaired) electrons. The SMILES string of the molecule is CC(C)(F)CN1CCC(COc2ccc(-c3ccc(C(=O)N4CCN(C(=O)OC(C)(C)C)CC4)cc3)cc2)CC1. The molecular formula is C32H44FN3O4. The van der Waals surface area contributed by atoms with Crippen molar-refractivity contribution in [3.8, 4) is 16.9 Å². The summed E-state index contributed by atoms with van der Waals surface area (Å²) in [7, 11) is 0. The lowest BCUT2D eigenvalue weighted by atomic mass is 9.97. The molecule has 0 N–H and O–H groups in total. The Morgan fingerprint density at radius 3 is 1.85 bits per heavy atom. The number of benzene rings is 2. The van der Waals surface area contributed by atoms with Crippen molar-refractivity contribution in [2.24, 2.45) is 5.92 Å². The van der Waals surface area contributed by atoms with Crippen LogP contribution in [0.5, 0.6) is 5.75 Å². The monoisotopic (exact) mass is 553 g/mol. The number of carbonyl (C=O) groups excluding carboxylic acids is 2. The molecule has 0 bridgehead atoms. The Labute approximate surface area is 238 Å². The van der Waals surface area contributed by atoms with E-state index in [4.69, 9.17) is 9.47 Å². The molecular weight excluding hydrogens is 509 g/mol. The highest BCUT2D eigenvalue weighted by molar-refractivity contribution is 5.95. The molecule has 2 heterocycles. The fourth-order valence-corrected chi connectivity index (χ4v) is 5.21. The quantitative estimate of drug-likeness (QED) is 0.428. The van der Waals surface area contributed by atoms with Crippen LogP contribution in [0.1, 0.15) is 57.8 Å². The lowest BCUT2D eigenvalue weighted by Gasteiger charge is -2.35. The molecule has 2 amide bonds. The van der Waals surface area contributed by atoms with Crippen LogP contribution in [0.3, 0.4) is 0 Å². The lowest BCUT2D eigenvalue weighted by Crippen LogP contribution is -2.51. The van der Waals surface area contributed by atoms with E-state index in [1.54, 1.807) is 23.6 Å². The van der Waals surface area contributed by atoms with E-state index in [0.717, 1.165) is 42.8 Å². The molecule has 2 aromatic carbocycles. The molecule has 0 spiro atoms. The minimum absolute atomic E-state index is 0.0293. The number of hydrogen-bond donors (Lipinski definition) is 0. The molecule has 7 nitrogen and oxygen atoms in total. The van der Waals surface area contributed by atoms with Gasteiger partial charge in [-0.15, -0.1) is 0 Å². The minimum atomic E-state index is -1.15. The minimum Gasteiger partial charge on any atom is -0.493 e. The first-order valence-electron chi connectivity index (χ1n) is 14.4. The highest BCUT2D eigenvalue weighted by Crippen LogP contribution is 2.26. The number of piperidine rings is 1. The predicted molar refractivity (Wildman–Crippen MR) is 155 cm³/mol. The predicted octanol–water partition coefficient (Wildman–Crippen LogP) is 5.89. The van der Waals surface area contributed by atoms with Gasteiger partial charge >= 0.3 is 6.09 Å². The summed E-state index contributed by atoms with van der Waals surface area (Å²) in [6, 6.07) is 15.7. The van der Waals surface area contributed by atoms with Gasteiger partial charge in [0.05, 0.1) is 6.61 Å². The zero-order valence-electron chi connectivity index (χ0n) is 24.6. The molecule has 2 fully saturated rings. The molecule has 2 aliphatic rings. The summed E-state index contributed by atoms with van der Waals surface area (Å²) in [4.78, 5) is 31.0. The van der Waals surface area contributed by atoms with Crippen LogP contribution in [0.25, 0.3) is 11.1 Å². The van der Waals surface area contributed by atoms with E-state index in [2.05, 4.69) is 4.90 Å². The normalized spacial score (nSPS) is 17.6. The van der Waals surface area contributed by atoms with Gasteiger partial charge in [-0.2, -0.15) is 0 Å². The van der Waals surface area contributed by atoms with E-state index in [1.807, 2.05) is 69.3 Å². The van der Waals surface area contributed by atoms with Gasteiger partial charge < -0.3 is 24.2 Å². The van der Waals surface area contributed by atoms with Crippen molar-refractivity contribution >= 4 is 12.0 Å². The third kappa shape index (κ3) is 8.68. The number of alkyl halides is 1. The van der Waals surface area contributed by atoms with Crippen molar-refractivity contribution in [3.05, 3.63) is 54.1 Å². The first-order chi connectivity index (χ1) is 18.9. The van der Waals surface area contributed by atoms with Crippen LogP contribution in [0.2, 0.25) is 0 Å². The summed E-state index contributed by atoms with van der Waals surface area (Å²) < 4.78 is 25.4. The van der Waals surface area contributed by atoms with Gasteiger partial charge in [-0.3, -0.25) is 4.79 Å². The largest absolute Gasteiger partial charge is 0.493 e. The van der Waals surface area contributed by atoms with Crippen LogP contribution >= 0.6 is 0 Å². The van der Waals surface area contributed by atoms with Crippen molar-refractivity contribution < 1.29 is 23.5 Å². The smallest absolute Gasteiger partial charge is 0.410 e. The Morgan fingerprint density at radius 2 is 1.32 bits per heavy atom. The molecule has 8 heteroatoms. The standard InChI is InChI=1S/C32H44FN3O4/c1-31(2,3)40-30(38)36-20-18-35(19-21-36)29(37)27-8-6-25(7-9-27)26-10-12-28(13-11-26)39-22-24-14-16-34(17-15-24)23-32(4,5)33/h6-13,24H,14-23H2,1-5H3. The average Bonchev–Trinajstić information content (AvgIpc) is 2.91. The number of piperazine rings is 1. The second-order valence-electron chi connectivity index (χ2n) is 12.6. The Hall–Kier alpha value is -3.13. The molecule has 40 heavy (non-hydrogen) atoms. The molecule has 0 saturated carbocycles. The molecule has 0 unspecified atom stereocenters. The average molecular weight is 554 g/mol. The Morgan fingerprint density at radius 1 is 0.800 bits per heavy atom. The number of likely N-dealkylation sites (tertiary alicyclic amines) is 1. The number of hydrogen-bond acceptors (Lipinski definition) is 5. The van der Waals surface area contributed by atoms with E-state index >= 15 is 0 Å². The van der Waals surface area contributed by atoms with Gasteiger partial charge in [0.25, 0.3) is 5.91 Å². The molecule has 4 rings (SSSR count). The second kappa shape index (κ2) is 12.6. The highest BCUT2D eigenvalue weighted by atomic mass is 19.1. The van der Waals surface area contributed by atoms with E-state index in [9.17, 15) is 14.0 Å².